The highest BCUT2D eigenvalue weighted by Gasteiger charge is 2.15. The van der Waals surface area contributed by atoms with Crippen LogP contribution < -0.4 is 25.2 Å². The number of nitrogens with one attached hydrogen (secondary N) is 1. The van der Waals surface area contributed by atoms with Gasteiger partial charge in [0, 0.05) is 61.5 Å². The maximum absolute atomic E-state index is 11.2. The van der Waals surface area contributed by atoms with Gasteiger partial charge in [-0.2, -0.15) is 0 Å². The fourth-order valence-electron chi connectivity index (χ4n) is 5.19. The molecule has 2 aromatic carbocycles. The van der Waals surface area contributed by atoms with Crippen molar-refractivity contribution in [1.29, 1.82) is 0 Å². The minimum absolute atomic E-state index is 0.0945. The van der Waals surface area contributed by atoms with E-state index >= 15 is 0 Å². The molecule has 0 heterocycles. The number of ether oxygens (including phenoxy) is 4. The molecule has 3 N–H and O–H groups in total. The van der Waals surface area contributed by atoms with Crippen molar-refractivity contribution in [2.75, 3.05) is 50.2 Å². The lowest BCUT2D eigenvalue weighted by Gasteiger charge is -2.25. The molecule has 262 valence electrons. The monoisotopic (exact) mass is 655 g/mol. The Morgan fingerprint density at radius 1 is 0.723 bits per heavy atom. The van der Waals surface area contributed by atoms with Crippen LogP contribution >= 0.6 is 0 Å². The second-order valence-electron chi connectivity index (χ2n) is 12.0. The number of unbranched alkanes of at least 4 members (excludes halogenated alkanes) is 10. The lowest BCUT2D eigenvalue weighted by Crippen LogP contribution is -2.57. The van der Waals surface area contributed by atoms with Gasteiger partial charge in [-0.15, -0.1) is 0 Å². The lowest BCUT2D eigenvalue weighted by molar-refractivity contribution is -0.433. The molecule has 0 spiro atoms. The van der Waals surface area contributed by atoms with Gasteiger partial charge in [0.15, 0.2) is 11.4 Å². The molecule has 0 saturated carbocycles. The number of nitrogens with two attached hydrogens (primary N) is 1. The summed E-state index contributed by atoms with van der Waals surface area (Å²) in [5, 5.41) is 7.83. The lowest BCUT2D eigenvalue weighted by atomic mass is 10.1. The average molecular weight is 656 g/mol. The van der Waals surface area contributed by atoms with Gasteiger partial charge in [0.2, 0.25) is 5.69 Å². The van der Waals surface area contributed by atoms with Crippen LogP contribution in [-0.4, -0.2) is 51.5 Å². The molecule has 10 nitrogen and oxygen atoms in total. The van der Waals surface area contributed by atoms with Crippen LogP contribution in [0.1, 0.15) is 110 Å². The first-order valence-electron chi connectivity index (χ1n) is 17.5. The number of aryl methyl sites for hydroxylation is 1. The summed E-state index contributed by atoms with van der Waals surface area (Å²) in [6.45, 7) is 11.9. The number of azo groups is 1. The van der Waals surface area contributed by atoms with Gasteiger partial charge in [-0.3, -0.25) is 9.59 Å². The summed E-state index contributed by atoms with van der Waals surface area (Å²) in [7, 11) is 0. The molecule has 0 saturated heterocycles. The smallest absolute Gasteiger partial charge is 0.302 e. The number of nitrogen functional groups attached to an aromatic ring is 1. The summed E-state index contributed by atoms with van der Waals surface area (Å²) < 4.78 is 21.6. The first-order valence-corrected chi connectivity index (χ1v) is 17.5. The summed E-state index contributed by atoms with van der Waals surface area (Å²) >= 11 is 0. The van der Waals surface area contributed by atoms with Crippen molar-refractivity contribution >= 4 is 34.7 Å². The highest BCUT2D eigenvalue weighted by atomic mass is 16.6. The van der Waals surface area contributed by atoms with E-state index in [4.69, 9.17) is 24.7 Å². The van der Waals surface area contributed by atoms with Gasteiger partial charge in [-0.05, 0) is 31.9 Å². The van der Waals surface area contributed by atoms with Crippen LogP contribution in [0.2, 0.25) is 0 Å². The van der Waals surface area contributed by atoms with Crippen molar-refractivity contribution in [3.05, 3.63) is 35.9 Å². The maximum Gasteiger partial charge on any atom is 0.302 e. The van der Waals surface area contributed by atoms with E-state index in [0.717, 1.165) is 24.3 Å². The van der Waals surface area contributed by atoms with Crippen molar-refractivity contribution in [3.8, 4) is 11.5 Å². The predicted octanol–water partition coefficient (Wildman–Crippen LogP) is 7.48. The molecule has 47 heavy (non-hydrogen) atoms. The highest BCUT2D eigenvalue weighted by molar-refractivity contribution is 5.67. The predicted molar refractivity (Wildman–Crippen MR) is 188 cm³/mol. The zero-order valence-corrected chi connectivity index (χ0v) is 29.5. The zero-order chi connectivity index (χ0) is 34.3. The summed E-state index contributed by atoms with van der Waals surface area (Å²) in [6.07, 6.45) is 15.4. The van der Waals surface area contributed by atoms with Crippen LogP contribution in [0.5, 0.6) is 11.5 Å². The normalized spacial score (nSPS) is 11.1. The summed E-state index contributed by atoms with van der Waals surface area (Å²) in [5.74, 6) is 0.0323. The van der Waals surface area contributed by atoms with E-state index in [1.165, 1.54) is 96.6 Å². The average Bonchev–Trinajstić information content (AvgIpc) is 3.04. The second-order valence-corrected chi connectivity index (χ2v) is 12.0. The second kappa shape index (κ2) is 23.5. The Morgan fingerprint density at radius 2 is 1.26 bits per heavy atom. The molecule has 0 atom stereocenters. The molecule has 0 aliphatic heterocycles. The molecule has 10 heteroatoms. The number of carbonyl (C=O) groups excluding carboxylic acids is 2. The first kappa shape index (κ1) is 39.4. The number of nitrogens with zero attached hydrogens (tertiary/aromatic N) is 2. The van der Waals surface area contributed by atoms with Gasteiger partial charge in [-0.25, -0.2) is 0 Å². The van der Waals surface area contributed by atoms with Crippen molar-refractivity contribution < 1.29 is 33.7 Å². The summed E-state index contributed by atoms with van der Waals surface area (Å²) in [5.41, 5.74) is 10.2. The molecule has 0 aromatic heterocycles. The molecule has 0 aliphatic rings. The van der Waals surface area contributed by atoms with Crippen LogP contribution in [0.4, 0.5) is 22.7 Å². The fourth-order valence-corrected chi connectivity index (χ4v) is 5.19. The van der Waals surface area contributed by atoms with E-state index in [2.05, 4.69) is 54.1 Å². The number of esters is 2. The van der Waals surface area contributed by atoms with E-state index in [9.17, 15) is 9.59 Å². The number of hydrogen-bond acceptors (Lipinski definition) is 9. The molecule has 2 rings (SSSR count). The molecular weight excluding hydrogens is 596 g/mol. The molecule has 0 amide bonds. The molecule has 0 unspecified atom stereocenters. The Labute approximate surface area is 282 Å². The van der Waals surface area contributed by atoms with Crippen molar-refractivity contribution in [2.24, 2.45) is 5.11 Å². The third-order valence-corrected chi connectivity index (χ3v) is 7.82. The molecular formula is C37H59N4O6+. The Bertz CT molecular complexity index is 1220. The third kappa shape index (κ3) is 16.5. The van der Waals surface area contributed by atoms with Crippen molar-refractivity contribution in [2.45, 2.75) is 112 Å². The number of rotatable bonds is 25. The topological polar surface area (TPSA) is 127 Å². The number of anilines is 2. The number of carbonyl (C=O) groups is 2. The first-order chi connectivity index (χ1) is 22.7. The third-order valence-electron chi connectivity index (χ3n) is 7.82. The minimum Gasteiger partial charge on any atom is -0.488 e. The number of benzene rings is 2. The Hall–Kier alpha value is -3.82. The molecule has 0 bridgehead atoms. The minimum atomic E-state index is -0.382. The van der Waals surface area contributed by atoms with Crippen LogP contribution in [0.25, 0.3) is 0 Å². The Morgan fingerprint density at radius 3 is 1.79 bits per heavy atom. The fraction of sp³-hybridized carbons (Fsp3) is 0.622. The standard InChI is InChI=1S/C37H58N4O6/c1-6-8-10-12-14-16-20-41(21-17-15-13-11-9-7-2)32-18-19-34(29(3)26-32)39-40-35-28-36(46-24-22-44-30(4)42)33(38)27-37(35)47-25-23-45-31(5)43/h18-19,26-28H,6-17,20-25,38H2,1-5H3/p+1. The molecule has 0 fully saturated rings. The molecule has 0 aliphatic carbocycles. The summed E-state index contributed by atoms with van der Waals surface area (Å²) in [6, 6.07) is 9.76. The van der Waals surface area contributed by atoms with E-state index < -0.39 is 0 Å². The van der Waals surface area contributed by atoms with Gasteiger partial charge in [-0.1, -0.05) is 83.2 Å². The van der Waals surface area contributed by atoms with Crippen molar-refractivity contribution in [3.63, 3.8) is 0 Å². The van der Waals surface area contributed by atoms with Gasteiger partial charge < -0.3 is 29.6 Å². The Balaban J connectivity index is 2.21. The van der Waals surface area contributed by atoms with Gasteiger partial charge in [0.1, 0.15) is 32.2 Å². The van der Waals surface area contributed by atoms with Gasteiger partial charge in [0.05, 0.1) is 5.69 Å². The Kier molecular flexibility index (Phi) is 19.7. The molecule has 0 radical (unpaired) electrons. The van der Waals surface area contributed by atoms with E-state index in [0.29, 0.717) is 22.9 Å². The van der Waals surface area contributed by atoms with Gasteiger partial charge in [0.25, 0.3) is 0 Å². The van der Waals surface area contributed by atoms with Crippen LogP contribution in [-0.2, 0) is 19.1 Å². The van der Waals surface area contributed by atoms with Crippen LogP contribution in [0.15, 0.2) is 35.4 Å². The van der Waals surface area contributed by atoms with Crippen LogP contribution in [0.3, 0.4) is 0 Å². The van der Waals surface area contributed by atoms with Crippen LogP contribution in [0, 0.1) is 6.92 Å². The molecule has 2 aromatic rings. The highest BCUT2D eigenvalue weighted by Crippen LogP contribution is 2.36. The van der Waals surface area contributed by atoms with E-state index in [-0.39, 0.29) is 38.4 Å². The SMILES string of the molecule is CCCCCCCCN(CCCCCCCC)c1ccc([NH+]=Nc2cc(OCCOC(C)=O)c(N)cc2OCCOC(C)=O)c(C)c1. The maximum atomic E-state index is 11.2. The quantitative estimate of drug-likeness (QED) is 0.0488. The van der Waals surface area contributed by atoms with Gasteiger partial charge >= 0.3 is 11.9 Å². The number of hydrogen-bond donors (Lipinski definition) is 2. The largest absolute Gasteiger partial charge is 0.488 e. The van der Waals surface area contributed by atoms with Crippen molar-refractivity contribution in [1.82, 2.24) is 0 Å². The van der Waals surface area contributed by atoms with E-state index in [1.807, 2.05) is 0 Å². The zero-order valence-electron chi connectivity index (χ0n) is 29.5. The van der Waals surface area contributed by atoms with E-state index in [1.54, 1.807) is 12.1 Å². The summed E-state index contributed by atoms with van der Waals surface area (Å²) in [4.78, 5) is 24.8.